The second-order valence-corrected chi connectivity index (χ2v) is 13.5. The van der Waals surface area contributed by atoms with E-state index in [0.717, 1.165) is 66.4 Å². The minimum Gasteiger partial charge on any atom is -0.435 e. The molecule has 0 spiro atoms. The van der Waals surface area contributed by atoms with Crippen LogP contribution in [0.15, 0.2) is 199 Å². The Balaban J connectivity index is 1.04. The summed E-state index contributed by atoms with van der Waals surface area (Å²) in [6.07, 6.45) is 0. The number of hydrogen-bond donors (Lipinski definition) is 0. The van der Waals surface area contributed by atoms with Crippen LogP contribution >= 0.6 is 0 Å². The minimum absolute atomic E-state index is 0.600. The summed E-state index contributed by atoms with van der Waals surface area (Å²) < 4.78 is 6.49. The minimum atomic E-state index is 0.600. The van der Waals surface area contributed by atoms with Crippen LogP contribution in [0.25, 0.3) is 101 Å². The molecule has 0 saturated carbocycles. The molecule has 0 atom stereocenters. The van der Waals surface area contributed by atoms with Crippen LogP contribution < -0.4 is 0 Å². The highest BCUT2D eigenvalue weighted by Crippen LogP contribution is 2.38. The molecule has 0 saturated heterocycles. The lowest BCUT2D eigenvalue weighted by Crippen LogP contribution is -2.00. The number of nitrogens with zero attached hydrogens (tertiary/aromatic N) is 4. The first-order chi connectivity index (χ1) is 27.2. The monoisotopic (exact) mass is 704 g/mol. The molecule has 0 aliphatic rings. The largest absolute Gasteiger partial charge is 0.435 e. The Kier molecular flexibility index (Phi) is 8.08. The molecule has 10 aromatic rings. The van der Waals surface area contributed by atoms with Crippen molar-refractivity contribution in [2.45, 2.75) is 0 Å². The quantitative estimate of drug-likeness (QED) is 0.165. The van der Waals surface area contributed by atoms with Crippen molar-refractivity contribution in [2.24, 2.45) is 0 Å². The average Bonchev–Trinajstić information content (AvgIpc) is 3.72. The third kappa shape index (κ3) is 6.24. The van der Waals surface area contributed by atoms with E-state index in [-0.39, 0.29) is 0 Å². The van der Waals surface area contributed by atoms with Crippen molar-refractivity contribution >= 4 is 21.9 Å². The Morgan fingerprint density at radius 2 is 0.764 bits per heavy atom. The van der Waals surface area contributed by atoms with E-state index in [1.807, 2.05) is 72.8 Å². The van der Waals surface area contributed by atoms with Gasteiger partial charge in [0.15, 0.2) is 23.1 Å². The van der Waals surface area contributed by atoms with Gasteiger partial charge in [0.1, 0.15) is 5.52 Å². The van der Waals surface area contributed by atoms with E-state index in [0.29, 0.717) is 23.4 Å². The van der Waals surface area contributed by atoms with Gasteiger partial charge < -0.3 is 4.42 Å². The van der Waals surface area contributed by atoms with E-state index < -0.39 is 0 Å². The molecule has 10 rings (SSSR count). The van der Waals surface area contributed by atoms with Crippen LogP contribution in [0.3, 0.4) is 0 Å². The number of rotatable bonds is 7. The number of fused-ring (bicyclic) bond motifs is 3. The average molecular weight is 705 g/mol. The van der Waals surface area contributed by atoms with Gasteiger partial charge in [-0.25, -0.2) is 19.9 Å². The standard InChI is InChI=1S/C50H32N4O/c1-4-12-33(13-5-1)34-22-24-35(25-23-34)36-26-28-39(29-27-36)48-52-47(38-14-6-2-7-15-38)53-49(54-48)42-20-10-19-41(32-42)43-21-11-18-37-30-31-44-46(45(37)43)55-50(51-44)40-16-8-3-9-17-40/h1-32H. The molecule has 0 bridgehead atoms. The van der Waals surface area contributed by atoms with Crippen molar-refractivity contribution in [1.82, 2.24) is 19.9 Å². The van der Waals surface area contributed by atoms with E-state index in [2.05, 4.69) is 121 Å². The Labute approximate surface area is 318 Å². The molecule has 0 unspecified atom stereocenters. The fourth-order valence-corrected chi connectivity index (χ4v) is 7.17. The first kappa shape index (κ1) is 32.2. The summed E-state index contributed by atoms with van der Waals surface area (Å²) in [6.45, 7) is 0. The molecule has 0 N–H and O–H groups in total. The summed E-state index contributed by atoms with van der Waals surface area (Å²) in [6, 6.07) is 66.5. The smallest absolute Gasteiger partial charge is 0.227 e. The maximum Gasteiger partial charge on any atom is 0.227 e. The van der Waals surface area contributed by atoms with Gasteiger partial charge in [-0.05, 0) is 63.0 Å². The number of aromatic nitrogens is 4. The Morgan fingerprint density at radius 3 is 1.38 bits per heavy atom. The summed E-state index contributed by atoms with van der Waals surface area (Å²) in [7, 11) is 0. The van der Waals surface area contributed by atoms with Crippen molar-refractivity contribution in [2.75, 3.05) is 0 Å². The molecule has 0 aliphatic heterocycles. The maximum atomic E-state index is 6.49. The lowest BCUT2D eigenvalue weighted by atomic mass is 9.96. The number of hydrogen-bond acceptors (Lipinski definition) is 5. The molecule has 0 radical (unpaired) electrons. The molecule has 55 heavy (non-hydrogen) atoms. The molecule has 0 amide bonds. The molecule has 258 valence electrons. The van der Waals surface area contributed by atoms with Crippen molar-refractivity contribution < 1.29 is 4.42 Å². The lowest BCUT2D eigenvalue weighted by Gasteiger charge is -2.11. The zero-order valence-corrected chi connectivity index (χ0v) is 29.7. The third-order valence-electron chi connectivity index (χ3n) is 9.99. The molecular formula is C50H32N4O. The molecule has 0 fully saturated rings. The molecule has 5 heteroatoms. The van der Waals surface area contributed by atoms with Crippen LogP contribution in [0.5, 0.6) is 0 Å². The fourth-order valence-electron chi connectivity index (χ4n) is 7.17. The molecule has 2 aromatic heterocycles. The highest BCUT2D eigenvalue weighted by molar-refractivity contribution is 6.11. The van der Waals surface area contributed by atoms with Gasteiger partial charge in [0.25, 0.3) is 0 Å². The maximum absolute atomic E-state index is 6.49. The van der Waals surface area contributed by atoms with E-state index in [9.17, 15) is 0 Å². The Bertz CT molecular complexity index is 2940. The summed E-state index contributed by atoms with van der Waals surface area (Å²) in [5.74, 6) is 2.44. The van der Waals surface area contributed by atoms with Crippen LogP contribution in [-0.2, 0) is 0 Å². The van der Waals surface area contributed by atoms with E-state index in [1.54, 1.807) is 0 Å². The van der Waals surface area contributed by atoms with E-state index >= 15 is 0 Å². The molecule has 0 aliphatic carbocycles. The lowest BCUT2D eigenvalue weighted by molar-refractivity contribution is 0.623. The molecule has 8 aromatic carbocycles. The zero-order chi connectivity index (χ0) is 36.6. The highest BCUT2D eigenvalue weighted by atomic mass is 16.3. The van der Waals surface area contributed by atoms with Crippen LogP contribution in [0, 0.1) is 0 Å². The van der Waals surface area contributed by atoms with Crippen LogP contribution in [0.4, 0.5) is 0 Å². The summed E-state index contributed by atoms with van der Waals surface area (Å²) in [5, 5.41) is 2.10. The predicted molar refractivity (Wildman–Crippen MR) is 223 cm³/mol. The topological polar surface area (TPSA) is 64.7 Å². The van der Waals surface area contributed by atoms with E-state index in [1.165, 1.54) is 11.1 Å². The number of benzene rings is 8. The molecule has 2 heterocycles. The van der Waals surface area contributed by atoms with Crippen molar-refractivity contribution in [1.29, 1.82) is 0 Å². The summed E-state index contributed by atoms with van der Waals surface area (Å²) in [4.78, 5) is 20.0. The van der Waals surface area contributed by atoms with Crippen molar-refractivity contribution in [3.63, 3.8) is 0 Å². The van der Waals surface area contributed by atoms with Crippen LogP contribution in [0.1, 0.15) is 0 Å². The van der Waals surface area contributed by atoms with E-state index in [4.69, 9.17) is 24.4 Å². The SMILES string of the molecule is c1ccc(-c2ccc(-c3ccc(-c4nc(-c5ccccc5)nc(-c5cccc(-c6cccc7ccc8nc(-c9ccccc9)oc8c67)c5)n4)cc3)cc2)cc1. The second-order valence-electron chi connectivity index (χ2n) is 13.5. The van der Waals surface area contributed by atoms with Gasteiger partial charge in [-0.3, -0.25) is 0 Å². The van der Waals surface area contributed by atoms with Gasteiger partial charge in [0, 0.05) is 27.6 Å². The van der Waals surface area contributed by atoms with Gasteiger partial charge >= 0.3 is 0 Å². The molecular weight excluding hydrogens is 673 g/mol. The second kappa shape index (κ2) is 13.8. The fraction of sp³-hybridized carbons (Fsp3) is 0. The zero-order valence-electron chi connectivity index (χ0n) is 29.7. The first-order valence-corrected chi connectivity index (χ1v) is 18.3. The predicted octanol–water partition coefficient (Wildman–Crippen LogP) is 12.8. The van der Waals surface area contributed by atoms with Gasteiger partial charge in [-0.2, -0.15) is 0 Å². The van der Waals surface area contributed by atoms with Gasteiger partial charge in [-0.1, -0.05) is 170 Å². The summed E-state index contributed by atoms with van der Waals surface area (Å²) in [5.41, 5.74) is 12.0. The Morgan fingerprint density at radius 1 is 0.309 bits per heavy atom. The van der Waals surface area contributed by atoms with Crippen molar-refractivity contribution in [3.05, 3.63) is 194 Å². The van der Waals surface area contributed by atoms with Crippen LogP contribution in [-0.4, -0.2) is 19.9 Å². The normalized spacial score (nSPS) is 11.3. The third-order valence-corrected chi connectivity index (χ3v) is 9.99. The van der Waals surface area contributed by atoms with Gasteiger partial charge in [0.2, 0.25) is 5.89 Å². The Hall–Kier alpha value is -7.50. The van der Waals surface area contributed by atoms with Gasteiger partial charge in [0.05, 0.1) is 0 Å². The van der Waals surface area contributed by atoms with Crippen LogP contribution in [0.2, 0.25) is 0 Å². The highest BCUT2D eigenvalue weighted by Gasteiger charge is 2.17. The summed E-state index contributed by atoms with van der Waals surface area (Å²) >= 11 is 0. The van der Waals surface area contributed by atoms with Crippen molar-refractivity contribution in [3.8, 4) is 79.0 Å². The molecule has 5 nitrogen and oxygen atoms in total. The van der Waals surface area contributed by atoms with Gasteiger partial charge in [-0.15, -0.1) is 0 Å². The first-order valence-electron chi connectivity index (χ1n) is 18.3. The number of oxazole rings is 1.